The van der Waals surface area contributed by atoms with Gasteiger partial charge in [-0.05, 0) is 72.6 Å². The molecule has 1 aliphatic carbocycles. The van der Waals surface area contributed by atoms with E-state index in [2.05, 4.69) is 23.5 Å². The van der Waals surface area contributed by atoms with E-state index in [1.165, 1.54) is 23.3 Å². The van der Waals surface area contributed by atoms with Crippen molar-refractivity contribution in [2.45, 2.75) is 18.9 Å². The maximum atomic E-state index is 13.6. The lowest BCUT2D eigenvalue weighted by Crippen LogP contribution is -2.34. The van der Waals surface area contributed by atoms with Crippen molar-refractivity contribution in [2.24, 2.45) is 11.0 Å². The number of halogens is 1. The fourth-order valence-corrected chi connectivity index (χ4v) is 4.75. The molecule has 0 bridgehead atoms. The molecule has 0 spiro atoms. The van der Waals surface area contributed by atoms with E-state index in [1.807, 2.05) is 47.5 Å². The van der Waals surface area contributed by atoms with E-state index in [0.717, 1.165) is 35.6 Å². The number of hydrazone groups is 1. The monoisotopic (exact) mass is 431 g/mol. The van der Waals surface area contributed by atoms with Gasteiger partial charge in [0.05, 0.1) is 18.9 Å². The van der Waals surface area contributed by atoms with Crippen LogP contribution in [0.25, 0.3) is 0 Å². The van der Waals surface area contributed by atoms with Gasteiger partial charge in [-0.25, -0.2) is 9.40 Å². The first kappa shape index (κ1) is 19.7. The summed E-state index contributed by atoms with van der Waals surface area (Å²) in [6.07, 6.45) is 1.96. The Morgan fingerprint density at radius 2 is 1.81 bits per heavy atom. The number of ether oxygens (including phenoxy) is 1. The zero-order valence-electron chi connectivity index (χ0n) is 17.1. The van der Waals surface area contributed by atoms with Crippen LogP contribution in [-0.4, -0.2) is 22.9 Å². The van der Waals surface area contributed by atoms with Crippen LogP contribution in [0, 0.1) is 11.7 Å². The quantitative estimate of drug-likeness (QED) is 0.552. The molecule has 31 heavy (non-hydrogen) atoms. The molecule has 156 valence electrons. The van der Waals surface area contributed by atoms with Crippen molar-refractivity contribution in [2.75, 3.05) is 12.4 Å². The molecule has 2 atom stereocenters. The van der Waals surface area contributed by atoms with Crippen LogP contribution in [0.5, 0.6) is 5.75 Å². The van der Waals surface area contributed by atoms with Crippen LogP contribution in [-0.2, 0) is 6.42 Å². The average Bonchev–Trinajstić information content (AvgIpc) is 3.20. The minimum Gasteiger partial charge on any atom is -0.497 e. The normalized spacial score (nSPS) is 19.3. The topological polar surface area (TPSA) is 36.9 Å². The number of rotatable bonds is 3. The number of fused-ring (bicyclic) bond motifs is 3. The Morgan fingerprint density at radius 3 is 2.55 bits per heavy atom. The fraction of sp³-hybridized carbons (Fsp3) is 0.200. The van der Waals surface area contributed by atoms with Gasteiger partial charge in [0.2, 0.25) is 0 Å². The Kier molecular flexibility index (Phi) is 5.16. The van der Waals surface area contributed by atoms with E-state index < -0.39 is 0 Å². The van der Waals surface area contributed by atoms with Gasteiger partial charge < -0.3 is 10.1 Å². The van der Waals surface area contributed by atoms with Crippen molar-refractivity contribution in [3.05, 3.63) is 95.3 Å². The molecule has 0 saturated heterocycles. The SMILES string of the molecule is COc1ccc(NC(=S)N2N=C3c4ccccc4CC[C@@H]3[C@@H]2c2ccc(F)cc2)cc1. The smallest absolute Gasteiger partial charge is 0.194 e. The van der Waals surface area contributed by atoms with Gasteiger partial charge in [0, 0.05) is 17.2 Å². The number of anilines is 1. The number of nitrogens with one attached hydrogen (secondary N) is 1. The first-order valence-electron chi connectivity index (χ1n) is 10.3. The lowest BCUT2D eigenvalue weighted by molar-refractivity contribution is 0.311. The standard InChI is InChI=1S/C25H22FN3OS/c1-30-20-13-11-19(12-14-20)27-25(31)29-24(17-6-9-18(26)10-7-17)22-15-8-16-4-2-3-5-21(16)23(22)28-29/h2-7,9-14,22,24H,8,15H2,1H3,(H,27,31)/t22-,24-/m0/s1. The minimum atomic E-state index is -0.248. The van der Waals surface area contributed by atoms with E-state index in [0.29, 0.717) is 5.11 Å². The van der Waals surface area contributed by atoms with E-state index >= 15 is 0 Å². The molecule has 3 aromatic carbocycles. The molecular weight excluding hydrogens is 409 g/mol. The molecule has 0 radical (unpaired) electrons. The van der Waals surface area contributed by atoms with Crippen molar-refractivity contribution < 1.29 is 9.13 Å². The van der Waals surface area contributed by atoms with Crippen LogP contribution in [0.4, 0.5) is 10.1 Å². The molecule has 1 heterocycles. The Morgan fingerprint density at radius 1 is 1.06 bits per heavy atom. The van der Waals surface area contributed by atoms with E-state index in [1.54, 1.807) is 7.11 Å². The molecule has 0 amide bonds. The lowest BCUT2D eigenvalue weighted by Gasteiger charge is -2.30. The van der Waals surface area contributed by atoms with Crippen LogP contribution in [0.2, 0.25) is 0 Å². The summed E-state index contributed by atoms with van der Waals surface area (Å²) in [5.41, 5.74) is 5.41. The molecule has 5 rings (SSSR count). The maximum Gasteiger partial charge on any atom is 0.194 e. The maximum absolute atomic E-state index is 13.6. The van der Waals surface area contributed by atoms with E-state index in [-0.39, 0.29) is 17.8 Å². The number of nitrogens with zero attached hydrogens (tertiary/aromatic N) is 2. The van der Waals surface area contributed by atoms with Gasteiger partial charge in [0.25, 0.3) is 0 Å². The van der Waals surface area contributed by atoms with Crippen molar-refractivity contribution in [1.82, 2.24) is 5.01 Å². The second-order valence-electron chi connectivity index (χ2n) is 7.79. The van der Waals surface area contributed by atoms with Crippen molar-refractivity contribution in [3.8, 4) is 5.75 Å². The van der Waals surface area contributed by atoms with Gasteiger partial charge in [-0.3, -0.25) is 0 Å². The number of methoxy groups -OCH3 is 1. The predicted molar refractivity (Wildman–Crippen MR) is 125 cm³/mol. The second kappa shape index (κ2) is 8.12. The number of thiocarbonyl (C=S) groups is 1. The van der Waals surface area contributed by atoms with Crippen molar-refractivity contribution >= 4 is 28.7 Å². The van der Waals surface area contributed by atoms with Crippen molar-refractivity contribution in [3.63, 3.8) is 0 Å². The van der Waals surface area contributed by atoms with Gasteiger partial charge in [-0.2, -0.15) is 5.10 Å². The average molecular weight is 432 g/mol. The van der Waals surface area contributed by atoms with Gasteiger partial charge in [0.1, 0.15) is 11.6 Å². The third-order valence-corrected chi connectivity index (χ3v) is 6.28. The largest absolute Gasteiger partial charge is 0.497 e. The summed E-state index contributed by atoms with van der Waals surface area (Å²) in [7, 11) is 1.64. The third-order valence-electron chi connectivity index (χ3n) is 5.99. The highest BCUT2D eigenvalue weighted by Crippen LogP contribution is 2.43. The zero-order chi connectivity index (χ0) is 21.4. The first-order valence-corrected chi connectivity index (χ1v) is 10.7. The highest BCUT2D eigenvalue weighted by molar-refractivity contribution is 7.80. The van der Waals surface area contributed by atoms with Crippen molar-refractivity contribution in [1.29, 1.82) is 0 Å². The fourth-order valence-electron chi connectivity index (χ4n) is 4.48. The third kappa shape index (κ3) is 3.68. The second-order valence-corrected chi connectivity index (χ2v) is 8.17. The number of hydrogen-bond donors (Lipinski definition) is 1. The number of hydrogen-bond acceptors (Lipinski definition) is 3. The van der Waals surface area contributed by atoms with Crippen LogP contribution in [0.1, 0.15) is 29.2 Å². The van der Waals surface area contributed by atoms with E-state index in [4.69, 9.17) is 22.1 Å². The summed E-state index contributed by atoms with van der Waals surface area (Å²) in [4.78, 5) is 0. The van der Waals surface area contributed by atoms with Crippen LogP contribution >= 0.6 is 12.2 Å². The highest BCUT2D eigenvalue weighted by Gasteiger charge is 2.42. The first-order chi connectivity index (χ1) is 15.1. The summed E-state index contributed by atoms with van der Waals surface area (Å²) in [6.45, 7) is 0. The summed E-state index contributed by atoms with van der Waals surface area (Å²) in [5.74, 6) is 0.725. The molecule has 4 nitrogen and oxygen atoms in total. The Balaban J connectivity index is 1.51. The summed E-state index contributed by atoms with van der Waals surface area (Å²) in [6, 6.07) is 22.6. The zero-order valence-corrected chi connectivity index (χ0v) is 17.9. The molecule has 0 fully saturated rings. The van der Waals surface area contributed by atoms with Gasteiger partial charge in [-0.15, -0.1) is 0 Å². The van der Waals surface area contributed by atoms with Crippen LogP contribution < -0.4 is 10.1 Å². The molecule has 0 aromatic heterocycles. The van der Waals surface area contributed by atoms with E-state index in [9.17, 15) is 4.39 Å². The molecule has 1 N–H and O–H groups in total. The number of aryl methyl sites for hydroxylation is 1. The number of benzene rings is 3. The summed E-state index contributed by atoms with van der Waals surface area (Å²) >= 11 is 5.78. The van der Waals surface area contributed by atoms with Gasteiger partial charge >= 0.3 is 0 Å². The molecule has 3 aromatic rings. The van der Waals surface area contributed by atoms with Crippen LogP contribution in [0.3, 0.4) is 0 Å². The van der Waals surface area contributed by atoms with Gasteiger partial charge in [0.15, 0.2) is 5.11 Å². The summed E-state index contributed by atoms with van der Waals surface area (Å²) in [5, 5.41) is 10.7. The molecule has 6 heteroatoms. The Bertz CT molecular complexity index is 1140. The molecule has 0 saturated carbocycles. The van der Waals surface area contributed by atoms with Gasteiger partial charge in [-0.1, -0.05) is 36.4 Å². The minimum absolute atomic E-state index is 0.0813. The lowest BCUT2D eigenvalue weighted by atomic mass is 9.77. The summed E-state index contributed by atoms with van der Waals surface area (Å²) < 4.78 is 18.9. The molecule has 0 unspecified atom stereocenters. The molecule has 1 aliphatic heterocycles. The Labute approximate surface area is 186 Å². The highest BCUT2D eigenvalue weighted by atomic mass is 32.1. The Hall–Kier alpha value is -3.25. The van der Waals surface area contributed by atoms with Crippen LogP contribution in [0.15, 0.2) is 77.9 Å². The molecule has 2 aliphatic rings. The molecular formula is C25H22FN3OS. The predicted octanol–water partition coefficient (Wildman–Crippen LogP) is 5.55.